The van der Waals surface area contributed by atoms with Crippen LogP contribution < -0.4 is 0 Å². The highest BCUT2D eigenvalue weighted by Gasteiger charge is 1.75. The average Bonchev–Trinajstić information content (AvgIpc) is 2.20. The van der Waals surface area contributed by atoms with Crippen molar-refractivity contribution in [1.82, 2.24) is 0 Å². The lowest BCUT2D eigenvalue weighted by atomic mass is 10.2. The second-order valence-corrected chi connectivity index (χ2v) is 3.12. The first-order valence-electron chi connectivity index (χ1n) is 6.74. The molecule has 0 radical (unpaired) electrons. The lowest BCUT2D eigenvalue weighted by Gasteiger charge is -1.86. The van der Waals surface area contributed by atoms with E-state index in [1.165, 1.54) is 38.5 Å². The smallest absolute Gasteiger partial charge is 0.0536 e. The zero-order chi connectivity index (χ0) is 12.2. The molecular formula is C14H36. The summed E-state index contributed by atoms with van der Waals surface area (Å²) in [6.07, 6.45) is 8.04. The molecule has 0 unspecified atom stereocenters. The lowest BCUT2D eigenvalue weighted by Crippen LogP contribution is -1.66. The molecule has 0 aromatic heterocycles. The summed E-state index contributed by atoms with van der Waals surface area (Å²) < 4.78 is 0. The number of hydrogen-bond acceptors (Lipinski definition) is 0. The summed E-state index contributed by atoms with van der Waals surface area (Å²) in [5.74, 6) is 0. The van der Waals surface area contributed by atoms with Crippen LogP contribution >= 0.6 is 0 Å². The fourth-order valence-corrected chi connectivity index (χ4v) is 0.500. The van der Waals surface area contributed by atoms with Crippen molar-refractivity contribution < 1.29 is 0 Å². The molecule has 0 aromatic carbocycles. The zero-order valence-corrected chi connectivity index (χ0v) is 12.2. The average molecular weight is 204 g/mol. The van der Waals surface area contributed by atoms with Gasteiger partial charge in [0.1, 0.15) is 0 Å². The molecule has 0 aliphatic heterocycles. The first kappa shape index (κ1) is 23.7. The zero-order valence-electron chi connectivity index (χ0n) is 12.2. The summed E-state index contributed by atoms with van der Waals surface area (Å²) in [5, 5.41) is 0. The van der Waals surface area contributed by atoms with Gasteiger partial charge in [-0.2, -0.15) is 0 Å². The predicted molar refractivity (Wildman–Crippen MR) is 73.1 cm³/mol. The Balaban J connectivity index is -0.0000000536. The van der Waals surface area contributed by atoms with Gasteiger partial charge < -0.3 is 0 Å². The van der Waals surface area contributed by atoms with Crippen molar-refractivity contribution in [2.45, 2.75) is 93.9 Å². The highest BCUT2D eigenvalue weighted by Crippen LogP contribution is 1.95. The van der Waals surface area contributed by atoms with Gasteiger partial charge in [0.05, 0.1) is 0 Å². The normalized spacial score (nSPS) is 6.86. The Kier molecular flexibility index (Phi) is 87.9. The van der Waals surface area contributed by atoms with Crippen molar-refractivity contribution in [2.24, 2.45) is 0 Å². The molecule has 0 aliphatic carbocycles. The van der Waals surface area contributed by atoms with Crippen LogP contribution in [0.15, 0.2) is 0 Å². The van der Waals surface area contributed by atoms with Crippen LogP contribution in [0.1, 0.15) is 93.9 Å². The van der Waals surface area contributed by atoms with Crippen molar-refractivity contribution in [2.75, 3.05) is 0 Å². The van der Waals surface area contributed by atoms with Crippen LogP contribution in [0.5, 0.6) is 0 Å². The van der Waals surface area contributed by atoms with Crippen LogP contribution in [-0.4, -0.2) is 0 Å². The van der Waals surface area contributed by atoms with E-state index >= 15 is 0 Å². The SMILES string of the molecule is CC.CCC.CCC.CCCCCC. The summed E-state index contributed by atoms with van der Waals surface area (Å²) in [7, 11) is 0. The van der Waals surface area contributed by atoms with Gasteiger partial charge in [0.25, 0.3) is 0 Å². The molecule has 0 fully saturated rings. The van der Waals surface area contributed by atoms with Crippen molar-refractivity contribution in [3.05, 3.63) is 0 Å². The van der Waals surface area contributed by atoms with Crippen LogP contribution in [0, 0.1) is 0 Å². The van der Waals surface area contributed by atoms with E-state index in [0.29, 0.717) is 0 Å². The van der Waals surface area contributed by atoms with Crippen molar-refractivity contribution in [3.8, 4) is 0 Å². The third kappa shape index (κ3) is 161. The van der Waals surface area contributed by atoms with E-state index in [0.717, 1.165) is 0 Å². The van der Waals surface area contributed by atoms with Gasteiger partial charge in [-0.25, -0.2) is 0 Å². The first-order chi connectivity index (χ1) is 6.74. The van der Waals surface area contributed by atoms with Crippen molar-refractivity contribution in [1.29, 1.82) is 0 Å². The van der Waals surface area contributed by atoms with Gasteiger partial charge >= 0.3 is 0 Å². The maximum absolute atomic E-state index is 2.23. The quantitative estimate of drug-likeness (QED) is 0.464. The predicted octanol–water partition coefficient (Wildman–Crippen LogP) is 6.45. The molecule has 0 saturated heterocycles. The Morgan fingerprint density at radius 1 is 0.500 bits per heavy atom. The molecule has 0 nitrogen and oxygen atoms in total. The Morgan fingerprint density at radius 2 is 0.643 bits per heavy atom. The van der Waals surface area contributed by atoms with Crippen LogP contribution in [0.4, 0.5) is 0 Å². The molecule has 0 rings (SSSR count). The van der Waals surface area contributed by atoms with E-state index in [9.17, 15) is 0 Å². The Labute approximate surface area is 94.5 Å². The van der Waals surface area contributed by atoms with Crippen LogP contribution in [0.2, 0.25) is 0 Å². The summed E-state index contributed by atoms with van der Waals surface area (Å²) in [6, 6.07) is 0. The lowest BCUT2D eigenvalue weighted by molar-refractivity contribution is 0.702. The molecule has 0 atom stereocenters. The minimum Gasteiger partial charge on any atom is -0.0683 e. The minimum absolute atomic E-state index is 1.25. The first-order valence-corrected chi connectivity index (χ1v) is 6.74. The third-order valence-electron chi connectivity index (χ3n) is 0.957. The summed E-state index contributed by atoms with van der Waals surface area (Å²) in [4.78, 5) is 0. The maximum atomic E-state index is 2.23. The highest BCUT2D eigenvalue weighted by molar-refractivity contribution is 4.31. The van der Waals surface area contributed by atoms with Crippen molar-refractivity contribution in [3.63, 3.8) is 0 Å². The molecule has 0 heteroatoms. The van der Waals surface area contributed by atoms with E-state index in [-0.39, 0.29) is 0 Å². The van der Waals surface area contributed by atoms with Crippen LogP contribution in [0.3, 0.4) is 0 Å². The summed E-state index contributed by atoms with van der Waals surface area (Å²) in [5.41, 5.74) is 0. The van der Waals surface area contributed by atoms with E-state index in [4.69, 9.17) is 0 Å². The molecule has 0 aromatic rings. The second kappa shape index (κ2) is 52.0. The minimum atomic E-state index is 1.25. The topological polar surface area (TPSA) is 0 Å². The van der Waals surface area contributed by atoms with Crippen molar-refractivity contribution >= 4 is 0 Å². The third-order valence-corrected chi connectivity index (χ3v) is 0.957. The Morgan fingerprint density at radius 3 is 0.714 bits per heavy atom. The van der Waals surface area contributed by atoms with Gasteiger partial charge in [-0.3, -0.25) is 0 Å². The largest absolute Gasteiger partial charge is 0.0683 e. The fraction of sp³-hybridized carbons (Fsp3) is 1.00. The molecule has 0 amide bonds. The molecule has 0 heterocycles. The van der Waals surface area contributed by atoms with Gasteiger partial charge in [-0.05, 0) is 0 Å². The second-order valence-electron chi connectivity index (χ2n) is 3.12. The molecule has 0 bridgehead atoms. The van der Waals surface area contributed by atoms with Gasteiger partial charge in [-0.1, -0.05) is 93.9 Å². The summed E-state index contributed by atoms with van der Waals surface area (Å²) >= 11 is 0. The molecule has 0 N–H and O–H groups in total. The molecule has 14 heavy (non-hydrogen) atoms. The maximum Gasteiger partial charge on any atom is -0.0536 e. The van der Waals surface area contributed by atoms with Crippen LogP contribution in [-0.2, 0) is 0 Å². The van der Waals surface area contributed by atoms with Gasteiger partial charge in [0.15, 0.2) is 0 Å². The summed E-state index contributed by atoms with van der Waals surface area (Å²) in [6.45, 7) is 17.0. The van der Waals surface area contributed by atoms with Crippen LogP contribution in [0.25, 0.3) is 0 Å². The number of hydrogen-bond donors (Lipinski definition) is 0. The molecular weight excluding hydrogens is 168 g/mol. The molecule has 92 valence electrons. The number of rotatable bonds is 3. The standard InChI is InChI=1S/C6H14.2C3H8.C2H6/c1-3-5-6-4-2;2*1-3-2;1-2/h3-6H2,1-2H3;2*3H2,1-2H3;1-2H3. The molecule has 0 spiro atoms. The molecule has 0 saturated carbocycles. The van der Waals surface area contributed by atoms with E-state index in [1.54, 1.807) is 0 Å². The van der Waals surface area contributed by atoms with Gasteiger partial charge in [0.2, 0.25) is 0 Å². The van der Waals surface area contributed by atoms with Gasteiger partial charge in [-0.15, -0.1) is 0 Å². The molecule has 0 aliphatic rings. The Hall–Kier alpha value is 0. The number of unbranched alkanes of at least 4 members (excludes halogenated alkanes) is 3. The van der Waals surface area contributed by atoms with E-state index in [1.807, 2.05) is 13.8 Å². The monoisotopic (exact) mass is 204 g/mol. The fourth-order valence-electron chi connectivity index (χ4n) is 0.500. The Bertz CT molecular complexity index is 25.0. The van der Waals surface area contributed by atoms with Gasteiger partial charge in [0, 0.05) is 0 Å². The highest BCUT2D eigenvalue weighted by atomic mass is 13.8. The van der Waals surface area contributed by atoms with E-state index in [2.05, 4.69) is 41.5 Å². The van der Waals surface area contributed by atoms with E-state index < -0.39 is 0 Å².